The van der Waals surface area contributed by atoms with Gasteiger partial charge < -0.3 is 19.2 Å². The number of benzene rings is 3. The first-order chi connectivity index (χ1) is 15.5. The van der Waals surface area contributed by atoms with Crippen molar-refractivity contribution < 1.29 is 27.5 Å². The first-order valence-electron chi connectivity index (χ1n) is 9.60. The number of aromatic nitrogens is 1. The number of hydrogen-bond donors (Lipinski definition) is 1. The third kappa shape index (κ3) is 4.92. The van der Waals surface area contributed by atoms with Gasteiger partial charge in [0.1, 0.15) is 17.0 Å². The fourth-order valence-corrected chi connectivity index (χ4v) is 3.09. The van der Waals surface area contributed by atoms with Crippen LogP contribution in [0.4, 0.5) is 14.5 Å². The van der Waals surface area contributed by atoms with E-state index in [0.29, 0.717) is 39.6 Å². The second-order valence-corrected chi connectivity index (χ2v) is 6.66. The molecule has 0 aliphatic carbocycles. The Morgan fingerprint density at radius 2 is 1.88 bits per heavy atom. The standard InChI is InChI=1S/C24H18F2N2O4/c1-30-17-9-6-15(7-10-17)18-14-16(8-11-20(18)32-24(25)26)27-22(29)12-13-23-28-19-4-2-3-5-21(19)31-23/h2-14,24H,1H3,(H,27,29). The number of hydrogen-bond acceptors (Lipinski definition) is 5. The van der Waals surface area contributed by atoms with Crippen molar-refractivity contribution in [1.29, 1.82) is 0 Å². The quantitative estimate of drug-likeness (QED) is 0.373. The maximum absolute atomic E-state index is 12.8. The lowest BCUT2D eigenvalue weighted by molar-refractivity contribution is -0.111. The number of methoxy groups -OCH3 is 1. The summed E-state index contributed by atoms with van der Waals surface area (Å²) in [6, 6.07) is 18.5. The summed E-state index contributed by atoms with van der Waals surface area (Å²) in [7, 11) is 1.53. The van der Waals surface area contributed by atoms with Crippen molar-refractivity contribution in [2.45, 2.75) is 6.61 Å². The van der Waals surface area contributed by atoms with Gasteiger partial charge in [0.25, 0.3) is 0 Å². The summed E-state index contributed by atoms with van der Waals surface area (Å²) in [6.07, 6.45) is 2.73. The molecule has 4 rings (SSSR count). The molecule has 0 atom stereocenters. The largest absolute Gasteiger partial charge is 0.497 e. The zero-order valence-corrected chi connectivity index (χ0v) is 16.9. The number of alkyl halides is 2. The maximum Gasteiger partial charge on any atom is 0.387 e. The third-order valence-corrected chi connectivity index (χ3v) is 4.55. The van der Waals surface area contributed by atoms with Crippen LogP contribution < -0.4 is 14.8 Å². The molecule has 0 saturated heterocycles. The van der Waals surface area contributed by atoms with Crippen molar-refractivity contribution in [3.05, 3.63) is 78.7 Å². The number of nitrogens with one attached hydrogen (secondary N) is 1. The van der Waals surface area contributed by atoms with Crippen molar-refractivity contribution in [2.24, 2.45) is 0 Å². The van der Waals surface area contributed by atoms with E-state index < -0.39 is 12.5 Å². The van der Waals surface area contributed by atoms with E-state index in [4.69, 9.17) is 9.15 Å². The van der Waals surface area contributed by atoms with Crippen molar-refractivity contribution in [1.82, 2.24) is 4.98 Å². The second kappa shape index (κ2) is 9.30. The number of rotatable bonds is 7. The highest BCUT2D eigenvalue weighted by molar-refractivity contribution is 6.02. The lowest BCUT2D eigenvalue weighted by Crippen LogP contribution is -2.08. The molecule has 3 aromatic carbocycles. The number of para-hydroxylation sites is 2. The molecule has 162 valence electrons. The number of anilines is 1. The Labute approximate surface area is 182 Å². The van der Waals surface area contributed by atoms with Gasteiger partial charge in [-0.1, -0.05) is 24.3 Å². The first kappa shape index (κ1) is 21.0. The van der Waals surface area contributed by atoms with E-state index in [1.165, 1.54) is 31.4 Å². The van der Waals surface area contributed by atoms with Crippen molar-refractivity contribution in [3.63, 3.8) is 0 Å². The second-order valence-electron chi connectivity index (χ2n) is 6.66. The Morgan fingerprint density at radius 1 is 1.09 bits per heavy atom. The fraction of sp³-hybridized carbons (Fsp3) is 0.0833. The van der Waals surface area contributed by atoms with E-state index >= 15 is 0 Å². The maximum atomic E-state index is 12.8. The van der Waals surface area contributed by atoms with Crippen LogP contribution in [0.15, 0.2) is 77.2 Å². The molecule has 0 spiro atoms. The van der Waals surface area contributed by atoms with Gasteiger partial charge in [-0.3, -0.25) is 4.79 Å². The molecule has 0 saturated carbocycles. The molecule has 1 aromatic heterocycles. The van der Waals surface area contributed by atoms with E-state index in [1.54, 1.807) is 42.5 Å². The predicted octanol–water partition coefficient (Wildman–Crippen LogP) is 5.76. The summed E-state index contributed by atoms with van der Waals surface area (Å²) in [5.74, 6) is 0.473. The molecule has 1 amide bonds. The highest BCUT2D eigenvalue weighted by Crippen LogP contribution is 2.34. The van der Waals surface area contributed by atoms with E-state index in [2.05, 4.69) is 15.0 Å². The minimum Gasteiger partial charge on any atom is -0.497 e. The number of ether oxygens (including phenoxy) is 2. The normalized spacial score (nSPS) is 11.2. The van der Waals surface area contributed by atoms with Gasteiger partial charge in [0.15, 0.2) is 5.58 Å². The van der Waals surface area contributed by atoms with Gasteiger partial charge in [-0.05, 0) is 48.0 Å². The molecule has 8 heteroatoms. The highest BCUT2D eigenvalue weighted by atomic mass is 19.3. The molecular formula is C24H18F2N2O4. The van der Waals surface area contributed by atoms with Crippen LogP contribution in [0.5, 0.6) is 11.5 Å². The zero-order chi connectivity index (χ0) is 22.5. The van der Waals surface area contributed by atoms with Gasteiger partial charge in [0.2, 0.25) is 11.8 Å². The Kier molecular flexibility index (Phi) is 6.12. The van der Waals surface area contributed by atoms with E-state index in [1.807, 2.05) is 12.1 Å². The van der Waals surface area contributed by atoms with Gasteiger partial charge in [0, 0.05) is 23.4 Å². The summed E-state index contributed by atoms with van der Waals surface area (Å²) in [6.45, 7) is -2.98. The molecule has 0 radical (unpaired) electrons. The predicted molar refractivity (Wildman–Crippen MR) is 117 cm³/mol. The minimum atomic E-state index is -2.98. The van der Waals surface area contributed by atoms with E-state index in [9.17, 15) is 13.6 Å². The van der Waals surface area contributed by atoms with Gasteiger partial charge in [-0.2, -0.15) is 8.78 Å². The number of nitrogens with zero attached hydrogens (tertiary/aromatic N) is 1. The van der Waals surface area contributed by atoms with Crippen LogP contribution in [0.3, 0.4) is 0 Å². The number of carbonyl (C=O) groups excluding carboxylic acids is 1. The molecule has 0 unspecified atom stereocenters. The number of amides is 1. The molecule has 1 N–H and O–H groups in total. The summed E-state index contributed by atoms with van der Waals surface area (Å²) in [4.78, 5) is 16.6. The molecular weight excluding hydrogens is 418 g/mol. The average Bonchev–Trinajstić information content (AvgIpc) is 3.22. The number of oxazole rings is 1. The minimum absolute atomic E-state index is 0.00909. The SMILES string of the molecule is COc1ccc(-c2cc(NC(=O)C=Cc3nc4ccccc4o3)ccc2OC(F)F)cc1. The molecule has 0 bridgehead atoms. The molecule has 0 aliphatic rings. The van der Waals surface area contributed by atoms with Crippen molar-refractivity contribution in [2.75, 3.05) is 12.4 Å². The molecule has 32 heavy (non-hydrogen) atoms. The number of fused-ring (bicyclic) bond motifs is 1. The Balaban J connectivity index is 1.55. The van der Waals surface area contributed by atoms with Crippen molar-refractivity contribution >= 4 is 28.8 Å². The van der Waals surface area contributed by atoms with Crippen LogP contribution in [0.25, 0.3) is 28.3 Å². The van der Waals surface area contributed by atoms with Crippen LogP contribution in [0.2, 0.25) is 0 Å². The lowest BCUT2D eigenvalue weighted by Gasteiger charge is -2.13. The van der Waals surface area contributed by atoms with Crippen LogP contribution in [-0.4, -0.2) is 24.6 Å². The highest BCUT2D eigenvalue weighted by Gasteiger charge is 2.13. The lowest BCUT2D eigenvalue weighted by atomic mass is 10.0. The van der Waals surface area contributed by atoms with Crippen molar-refractivity contribution in [3.8, 4) is 22.6 Å². The Bertz CT molecular complexity index is 1230. The summed E-state index contributed by atoms with van der Waals surface area (Å²) >= 11 is 0. The van der Waals surface area contributed by atoms with Gasteiger partial charge in [0.05, 0.1) is 7.11 Å². The molecule has 0 fully saturated rings. The number of carbonyl (C=O) groups is 1. The summed E-state index contributed by atoms with van der Waals surface area (Å²) in [5.41, 5.74) is 2.73. The fourth-order valence-electron chi connectivity index (χ4n) is 3.09. The average molecular weight is 436 g/mol. The summed E-state index contributed by atoms with van der Waals surface area (Å²) in [5, 5.41) is 2.70. The van der Waals surface area contributed by atoms with Crippen LogP contribution in [0, 0.1) is 0 Å². The zero-order valence-electron chi connectivity index (χ0n) is 16.9. The van der Waals surface area contributed by atoms with Crippen LogP contribution >= 0.6 is 0 Å². The van der Waals surface area contributed by atoms with Gasteiger partial charge >= 0.3 is 6.61 Å². The smallest absolute Gasteiger partial charge is 0.387 e. The van der Waals surface area contributed by atoms with Crippen LogP contribution in [0.1, 0.15) is 5.89 Å². The molecule has 1 heterocycles. The van der Waals surface area contributed by atoms with Gasteiger partial charge in [-0.15, -0.1) is 0 Å². The topological polar surface area (TPSA) is 73.6 Å². The Morgan fingerprint density at radius 3 is 2.59 bits per heavy atom. The molecule has 6 nitrogen and oxygen atoms in total. The first-order valence-corrected chi connectivity index (χ1v) is 9.60. The monoisotopic (exact) mass is 436 g/mol. The number of halogens is 2. The molecule has 0 aliphatic heterocycles. The molecule has 4 aromatic rings. The Hall–Kier alpha value is -4.20. The van der Waals surface area contributed by atoms with Crippen LogP contribution in [-0.2, 0) is 4.79 Å². The van der Waals surface area contributed by atoms with E-state index in [-0.39, 0.29) is 5.75 Å². The third-order valence-electron chi connectivity index (χ3n) is 4.55. The van der Waals surface area contributed by atoms with Gasteiger partial charge in [-0.25, -0.2) is 4.98 Å². The van der Waals surface area contributed by atoms with E-state index in [0.717, 1.165) is 0 Å². The summed E-state index contributed by atoms with van der Waals surface area (Å²) < 4.78 is 41.0.